The Morgan fingerprint density at radius 2 is 1.97 bits per heavy atom. The number of aliphatic imine (C=N–C) groups is 1. The number of benzene rings is 1. The molecule has 2 heterocycles. The number of hydrogen-bond donors (Lipinski definition) is 2. The van der Waals surface area contributed by atoms with E-state index in [0.29, 0.717) is 0 Å². The summed E-state index contributed by atoms with van der Waals surface area (Å²) in [5, 5.41) is 10.0. The fourth-order valence-corrected chi connectivity index (χ4v) is 4.36. The first-order valence-corrected chi connectivity index (χ1v) is 12.0. The zero-order valence-electron chi connectivity index (χ0n) is 19.1. The summed E-state index contributed by atoms with van der Waals surface area (Å²) in [5.74, 6) is 0.911. The highest BCUT2D eigenvalue weighted by molar-refractivity contribution is 14.0. The maximum Gasteiger partial charge on any atom is 0.191 e. The number of thiazole rings is 1. The third kappa shape index (κ3) is 8.94. The Morgan fingerprint density at radius 3 is 2.65 bits per heavy atom. The van der Waals surface area contributed by atoms with E-state index in [-0.39, 0.29) is 24.0 Å². The van der Waals surface area contributed by atoms with Crippen molar-refractivity contribution in [2.45, 2.75) is 33.6 Å². The van der Waals surface area contributed by atoms with Gasteiger partial charge in [0.05, 0.1) is 10.7 Å². The molecule has 2 N–H and O–H groups in total. The summed E-state index contributed by atoms with van der Waals surface area (Å²) in [4.78, 5) is 14.3. The van der Waals surface area contributed by atoms with Crippen LogP contribution >= 0.6 is 35.3 Å². The largest absolute Gasteiger partial charge is 0.369 e. The van der Waals surface area contributed by atoms with E-state index in [1.807, 2.05) is 0 Å². The topological polar surface area (TPSA) is 55.8 Å². The minimum absolute atomic E-state index is 0. The molecule has 1 aromatic carbocycles. The van der Waals surface area contributed by atoms with Crippen molar-refractivity contribution in [1.29, 1.82) is 0 Å². The molecule has 31 heavy (non-hydrogen) atoms. The summed E-state index contributed by atoms with van der Waals surface area (Å²) >= 11 is 1.71. The fourth-order valence-electron chi connectivity index (χ4n) is 3.71. The molecule has 172 valence electrons. The number of rotatable bonds is 9. The van der Waals surface area contributed by atoms with Crippen LogP contribution < -0.4 is 15.5 Å². The van der Waals surface area contributed by atoms with Gasteiger partial charge >= 0.3 is 0 Å². The lowest BCUT2D eigenvalue weighted by atomic mass is 10.2. The van der Waals surface area contributed by atoms with Gasteiger partial charge in [0.25, 0.3) is 0 Å². The van der Waals surface area contributed by atoms with Gasteiger partial charge in [-0.25, -0.2) is 4.98 Å². The molecule has 1 fully saturated rings. The van der Waals surface area contributed by atoms with Gasteiger partial charge in [-0.05, 0) is 44.9 Å². The second kappa shape index (κ2) is 13.9. The number of nitrogens with zero attached hydrogens (tertiary/aromatic N) is 4. The van der Waals surface area contributed by atoms with Crippen molar-refractivity contribution in [1.82, 2.24) is 20.5 Å². The number of nitrogens with one attached hydrogen (secondary N) is 2. The molecule has 0 unspecified atom stereocenters. The maximum absolute atomic E-state index is 4.75. The minimum Gasteiger partial charge on any atom is -0.369 e. The highest BCUT2D eigenvalue weighted by Crippen LogP contribution is 2.17. The van der Waals surface area contributed by atoms with Crippen LogP contribution in [0.2, 0.25) is 0 Å². The summed E-state index contributed by atoms with van der Waals surface area (Å²) in [6.07, 6.45) is 2.02. The number of hydrogen-bond acceptors (Lipinski definition) is 5. The molecule has 0 bridgehead atoms. The summed E-state index contributed by atoms with van der Waals surface area (Å²) in [7, 11) is 0. The first-order chi connectivity index (χ1) is 14.6. The maximum atomic E-state index is 4.75. The summed E-state index contributed by atoms with van der Waals surface area (Å²) in [5.41, 5.74) is 3.85. The van der Waals surface area contributed by atoms with Crippen LogP contribution in [0.5, 0.6) is 0 Å². The highest BCUT2D eigenvalue weighted by atomic mass is 127. The van der Waals surface area contributed by atoms with Crippen molar-refractivity contribution >= 4 is 47.0 Å². The molecule has 0 amide bonds. The normalized spacial score (nSPS) is 14.9. The molecule has 6 nitrogen and oxygen atoms in total. The van der Waals surface area contributed by atoms with Crippen LogP contribution in [0.3, 0.4) is 0 Å². The first kappa shape index (κ1) is 25.9. The van der Waals surface area contributed by atoms with Crippen molar-refractivity contribution in [2.75, 3.05) is 57.3 Å². The average molecular weight is 557 g/mol. The molecule has 2 aromatic rings. The number of anilines is 1. The molecule has 0 atom stereocenters. The zero-order valence-corrected chi connectivity index (χ0v) is 22.2. The molecule has 1 saturated heterocycles. The van der Waals surface area contributed by atoms with Crippen molar-refractivity contribution < 1.29 is 0 Å². The van der Waals surface area contributed by atoms with E-state index in [4.69, 9.17) is 4.99 Å². The number of halogens is 1. The molecule has 1 aromatic heterocycles. The van der Waals surface area contributed by atoms with Crippen LogP contribution in [0, 0.1) is 13.8 Å². The van der Waals surface area contributed by atoms with Crippen molar-refractivity contribution in [2.24, 2.45) is 4.99 Å². The Bertz CT molecular complexity index is 801. The van der Waals surface area contributed by atoms with E-state index >= 15 is 0 Å². The molecule has 1 aliphatic rings. The quantitative estimate of drug-likeness (QED) is 0.214. The Hall–Kier alpha value is -1.39. The molecular formula is C23H37IN6S. The van der Waals surface area contributed by atoms with Crippen LogP contribution in [0.1, 0.15) is 29.6 Å². The number of guanidine groups is 1. The van der Waals surface area contributed by atoms with Crippen LogP contribution in [0.25, 0.3) is 0 Å². The van der Waals surface area contributed by atoms with E-state index in [2.05, 4.69) is 75.8 Å². The first-order valence-electron chi connectivity index (χ1n) is 11.1. The SMILES string of the molecule is CCNC(=NCCCN1CCN(c2cccc(C)c2)CC1)NCCc1csc(C)n1.I. The molecule has 3 rings (SSSR count). The minimum atomic E-state index is 0. The van der Waals surface area contributed by atoms with Gasteiger partial charge in [-0.15, -0.1) is 35.3 Å². The molecule has 8 heteroatoms. The second-order valence-corrected chi connectivity index (χ2v) is 8.88. The summed E-state index contributed by atoms with van der Waals surface area (Å²) in [6.45, 7) is 14.5. The van der Waals surface area contributed by atoms with Crippen LogP contribution in [0.4, 0.5) is 5.69 Å². The van der Waals surface area contributed by atoms with Gasteiger partial charge in [0.15, 0.2) is 5.96 Å². The molecule has 0 saturated carbocycles. The van der Waals surface area contributed by atoms with E-state index in [1.165, 1.54) is 11.3 Å². The fraction of sp³-hybridized carbons (Fsp3) is 0.565. The van der Waals surface area contributed by atoms with Gasteiger partial charge in [-0.2, -0.15) is 0 Å². The Kier molecular flexibility index (Phi) is 11.6. The molecule has 1 aliphatic heterocycles. The summed E-state index contributed by atoms with van der Waals surface area (Å²) in [6, 6.07) is 8.83. The predicted molar refractivity (Wildman–Crippen MR) is 144 cm³/mol. The summed E-state index contributed by atoms with van der Waals surface area (Å²) < 4.78 is 0. The van der Waals surface area contributed by atoms with Crippen LogP contribution in [-0.2, 0) is 6.42 Å². The van der Waals surface area contributed by atoms with E-state index in [1.54, 1.807) is 11.3 Å². The predicted octanol–water partition coefficient (Wildman–Crippen LogP) is 3.69. The van der Waals surface area contributed by atoms with Crippen LogP contribution in [-0.4, -0.2) is 68.2 Å². The van der Waals surface area contributed by atoms with Crippen molar-refractivity contribution in [3.8, 4) is 0 Å². The van der Waals surface area contributed by atoms with Crippen molar-refractivity contribution in [3.63, 3.8) is 0 Å². The van der Waals surface area contributed by atoms with Crippen molar-refractivity contribution in [3.05, 3.63) is 45.9 Å². The Morgan fingerprint density at radius 1 is 1.16 bits per heavy atom. The lowest BCUT2D eigenvalue weighted by Crippen LogP contribution is -2.46. The second-order valence-electron chi connectivity index (χ2n) is 7.82. The van der Waals surface area contributed by atoms with Gasteiger partial charge in [-0.3, -0.25) is 9.89 Å². The average Bonchev–Trinajstić information content (AvgIpc) is 3.16. The van der Waals surface area contributed by atoms with Gasteiger partial charge in [-0.1, -0.05) is 12.1 Å². The van der Waals surface area contributed by atoms with Crippen LogP contribution in [0.15, 0.2) is 34.6 Å². The standard InChI is InChI=1S/C23H36N6S.HI/c1-4-24-23(26-11-9-21-18-30-20(3)27-21)25-10-6-12-28-13-15-29(16-14-28)22-8-5-7-19(2)17-22;/h5,7-8,17-18H,4,6,9-16H2,1-3H3,(H2,24,25,26);1H. The monoisotopic (exact) mass is 556 g/mol. The van der Waals surface area contributed by atoms with E-state index in [9.17, 15) is 0 Å². The van der Waals surface area contributed by atoms with E-state index < -0.39 is 0 Å². The van der Waals surface area contributed by atoms with Gasteiger partial charge in [0.1, 0.15) is 0 Å². The molecule has 0 radical (unpaired) electrons. The highest BCUT2D eigenvalue weighted by Gasteiger charge is 2.16. The number of aromatic nitrogens is 1. The number of aryl methyl sites for hydroxylation is 2. The van der Waals surface area contributed by atoms with Gasteiger partial charge in [0, 0.05) is 69.8 Å². The number of piperazine rings is 1. The smallest absolute Gasteiger partial charge is 0.191 e. The van der Waals surface area contributed by atoms with Gasteiger partial charge < -0.3 is 15.5 Å². The molecular weight excluding hydrogens is 519 g/mol. The van der Waals surface area contributed by atoms with E-state index in [0.717, 1.165) is 81.9 Å². The third-order valence-corrected chi connectivity index (χ3v) is 6.15. The molecule has 0 aliphatic carbocycles. The Labute approximate surface area is 208 Å². The third-order valence-electron chi connectivity index (χ3n) is 5.33. The molecule has 0 spiro atoms. The Balaban J connectivity index is 0.00000341. The zero-order chi connectivity index (χ0) is 21.2. The lowest BCUT2D eigenvalue weighted by Gasteiger charge is -2.36. The lowest BCUT2D eigenvalue weighted by molar-refractivity contribution is 0.256. The van der Waals surface area contributed by atoms with Gasteiger partial charge in [0.2, 0.25) is 0 Å².